The number of hydrogen-bond donors (Lipinski definition) is 2. The highest BCUT2D eigenvalue weighted by molar-refractivity contribution is 5.75. The molecule has 0 heterocycles. The number of amides is 2. The molecule has 0 saturated heterocycles. The van der Waals surface area contributed by atoms with E-state index in [9.17, 15) is 9.90 Å². The Morgan fingerprint density at radius 2 is 1.75 bits per heavy atom. The molecule has 2 amide bonds. The number of nitrogens with zero attached hydrogens (tertiary/aromatic N) is 1. The highest BCUT2D eigenvalue weighted by Gasteiger charge is 2.22. The van der Waals surface area contributed by atoms with Crippen LogP contribution in [0, 0.1) is 0 Å². The number of urea groups is 1. The number of benzene rings is 2. The van der Waals surface area contributed by atoms with Crippen LogP contribution in [0.4, 0.5) is 4.79 Å². The molecular formula is C19H24N2O3. The third-order valence-corrected chi connectivity index (χ3v) is 4.10. The third kappa shape index (κ3) is 4.26. The second-order valence-electron chi connectivity index (χ2n) is 5.66. The van der Waals surface area contributed by atoms with E-state index in [-0.39, 0.29) is 18.7 Å². The summed E-state index contributed by atoms with van der Waals surface area (Å²) in [6.07, 6.45) is 0. The fourth-order valence-corrected chi connectivity index (χ4v) is 2.53. The van der Waals surface area contributed by atoms with Gasteiger partial charge in [-0.25, -0.2) is 4.79 Å². The topological polar surface area (TPSA) is 61.8 Å². The van der Waals surface area contributed by atoms with Gasteiger partial charge in [-0.05, 0) is 30.2 Å². The van der Waals surface area contributed by atoms with E-state index >= 15 is 0 Å². The molecule has 24 heavy (non-hydrogen) atoms. The predicted octanol–water partition coefficient (Wildman–Crippen LogP) is 3.13. The first-order chi connectivity index (χ1) is 11.6. The first kappa shape index (κ1) is 17.8. The van der Waals surface area contributed by atoms with E-state index in [1.165, 1.54) is 4.90 Å². The summed E-state index contributed by atoms with van der Waals surface area (Å²) in [6, 6.07) is 16.3. The van der Waals surface area contributed by atoms with E-state index in [4.69, 9.17) is 4.74 Å². The lowest BCUT2D eigenvalue weighted by atomic mass is 10.1. The van der Waals surface area contributed by atoms with E-state index in [1.54, 1.807) is 14.2 Å². The van der Waals surface area contributed by atoms with Crippen LogP contribution in [0.25, 0.3) is 0 Å². The number of carbonyl (C=O) groups is 1. The molecule has 0 aliphatic rings. The summed E-state index contributed by atoms with van der Waals surface area (Å²) in [5, 5.41) is 12.7. The molecule has 0 spiro atoms. The van der Waals surface area contributed by atoms with Crippen molar-refractivity contribution in [2.24, 2.45) is 0 Å². The van der Waals surface area contributed by atoms with Gasteiger partial charge in [-0.1, -0.05) is 42.5 Å². The molecule has 0 radical (unpaired) electrons. The largest absolute Gasteiger partial charge is 0.497 e. The second-order valence-corrected chi connectivity index (χ2v) is 5.66. The Morgan fingerprint density at radius 1 is 1.12 bits per heavy atom. The minimum atomic E-state index is -0.418. The van der Waals surface area contributed by atoms with E-state index in [1.807, 2.05) is 61.5 Å². The van der Waals surface area contributed by atoms with Gasteiger partial charge in [0.1, 0.15) is 5.75 Å². The molecule has 1 unspecified atom stereocenters. The zero-order valence-corrected chi connectivity index (χ0v) is 14.3. The van der Waals surface area contributed by atoms with Crippen molar-refractivity contribution in [3.8, 4) is 5.75 Å². The second kappa shape index (κ2) is 8.36. The maximum Gasteiger partial charge on any atom is 0.318 e. The number of methoxy groups -OCH3 is 1. The lowest BCUT2D eigenvalue weighted by Crippen LogP contribution is -2.41. The summed E-state index contributed by atoms with van der Waals surface area (Å²) < 4.78 is 5.14. The standard InChI is InChI=1S/C19H24N2O3/c1-14(15-7-5-4-6-8-15)20-19(23)21(2)18(13-22)16-9-11-17(24-3)12-10-16/h4-12,14,18,22H,13H2,1-3H3,(H,20,23)/t14-,18?/m0/s1. The van der Waals surface area contributed by atoms with E-state index in [0.29, 0.717) is 0 Å². The van der Waals surface area contributed by atoms with Crippen molar-refractivity contribution in [3.63, 3.8) is 0 Å². The molecule has 2 N–H and O–H groups in total. The van der Waals surface area contributed by atoms with Gasteiger partial charge in [0.25, 0.3) is 0 Å². The number of ether oxygens (including phenoxy) is 1. The summed E-state index contributed by atoms with van der Waals surface area (Å²) in [5.41, 5.74) is 1.88. The Morgan fingerprint density at radius 3 is 2.29 bits per heavy atom. The molecule has 0 aromatic heterocycles. The highest BCUT2D eigenvalue weighted by Crippen LogP contribution is 2.22. The molecule has 0 saturated carbocycles. The summed E-state index contributed by atoms with van der Waals surface area (Å²) in [4.78, 5) is 14.0. The lowest BCUT2D eigenvalue weighted by Gasteiger charge is -2.29. The number of rotatable bonds is 6. The normalized spacial score (nSPS) is 13.0. The molecule has 0 fully saturated rings. The molecule has 0 aliphatic heterocycles. The van der Waals surface area contributed by atoms with Crippen molar-refractivity contribution >= 4 is 6.03 Å². The lowest BCUT2D eigenvalue weighted by molar-refractivity contribution is 0.148. The minimum absolute atomic E-state index is 0.114. The van der Waals surface area contributed by atoms with Crippen molar-refractivity contribution in [1.82, 2.24) is 10.2 Å². The molecule has 128 valence electrons. The Balaban J connectivity index is 2.06. The molecule has 2 aromatic carbocycles. The van der Waals surface area contributed by atoms with Crippen molar-refractivity contribution in [2.45, 2.75) is 19.0 Å². The SMILES string of the molecule is COc1ccc(C(CO)N(C)C(=O)N[C@@H](C)c2ccccc2)cc1. The van der Waals surface area contributed by atoms with Gasteiger partial charge in [0, 0.05) is 7.05 Å². The van der Waals surface area contributed by atoms with Gasteiger partial charge < -0.3 is 20.1 Å². The van der Waals surface area contributed by atoms with Crippen LogP contribution >= 0.6 is 0 Å². The average Bonchev–Trinajstić information content (AvgIpc) is 2.63. The Labute approximate surface area is 142 Å². The van der Waals surface area contributed by atoms with Crippen LogP contribution < -0.4 is 10.1 Å². The molecule has 5 heteroatoms. The number of hydrogen-bond acceptors (Lipinski definition) is 3. The van der Waals surface area contributed by atoms with Crippen LogP contribution in [0.5, 0.6) is 5.75 Å². The Hall–Kier alpha value is -2.53. The van der Waals surface area contributed by atoms with Gasteiger partial charge >= 0.3 is 6.03 Å². The fourth-order valence-electron chi connectivity index (χ4n) is 2.53. The maximum absolute atomic E-state index is 12.5. The number of aliphatic hydroxyl groups is 1. The van der Waals surface area contributed by atoms with Crippen LogP contribution in [0.1, 0.15) is 30.1 Å². The van der Waals surface area contributed by atoms with Crippen LogP contribution in [-0.2, 0) is 0 Å². The number of aliphatic hydroxyl groups excluding tert-OH is 1. The Bertz CT molecular complexity index is 643. The molecule has 2 atom stereocenters. The summed E-state index contributed by atoms with van der Waals surface area (Å²) in [6.45, 7) is 1.78. The van der Waals surface area contributed by atoms with Crippen molar-refractivity contribution in [1.29, 1.82) is 0 Å². The summed E-state index contributed by atoms with van der Waals surface area (Å²) >= 11 is 0. The van der Waals surface area contributed by atoms with Gasteiger partial charge in [0.2, 0.25) is 0 Å². The fraction of sp³-hybridized carbons (Fsp3) is 0.316. The zero-order valence-electron chi connectivity index (χ0n) is 14.3. The molecule has 2 rings (SSSR count). The minimum Gasteiger partial charge on any atom is -0.497 e. The molecule has 0 bridgehead atoms. The molecular weight excluding hydrogens is 304 g/mol. The molecule has 2 aromatic rings. The number of carbonyl (C=O) groups excluding carboxylic acids is 1. The van der Waals surface area contributed by atoms with E-state index in [0.717, 1.165) is 16.9 Å². The number of likely N-dealkylation sites (N-methyl/N-ethyl adjacent to an activating group) is 1. The van der Waals surface area contributed by atoms with Crippen molar-refractivity contribution in [2.75, 3.05) is 20.8 Å². The van der Waals surface area contributed by atoms with Crippen LogP contribution in [0.15, 0.2) is 54.6 Å². The Kier molecular flexibility index (Phi) is 6.21. The van der Waals surface area contributed by atoms with Gasteiger partial charge in [0.15, 0.2) is 0 Å². The predicted molar refractivity (Wildman–Crippen MR) is 94.0 cm³/mol. The average molecular weight is 328 g/mol. The smallest absolute Gasteiger partial charge is 0.318 e. The highest BCUT2D eigenvalue weighted by atomic mass is 16.5. The van der Waals surface area contributed by atoms with Crippen molar-refractivity contribution in [3.05, 3.63) is 65.7 Å². The van der Waals surface area contributed by atoms with Gasteiger partial charge in [-0.2, -0.15) is 0 Å². The van der Waals surface area contributed by atoms with Gasteiger partial charge in [-0.15, -0.1) is 0 Å². The zero-order chi connectivity index (χ0) is 17.5. The molecule has 5 nitrogen and oxygen atoms in total. The maximum atomic E-state index is 12.5. The first-order valence-electron chi connectivity index (χ1n) is 7.90. The van der Waals surface area contributed by atoms with E-state index in [2.05, 4.69) is 5.32 Å². The van der Waals surface area contributed by atoms with E-state index < -0.39 is 6.04 Å². The summed E-state index contributed by atoms with van der Waals surface area (Å²) in [7, 11) is 3.28. The van der Waals surface area contributed by atoms with Crippen LogP contribution in [0.3, 0.4) is 0 Å². The monoisotopic (exact) mass is 328 g/mol. The van der Waals surface area contributed by atoms with Crippen LogP contribution in [0.2, 0.25) is 0 Å². The first-order valence-corrected chi connectivity index (χ1v) is 7.90. The quantitative estimate of drug-likeness (QED) is 0.856. The third-order valence-electron chi connectivity index (χ3n) is 4.10. The van der Waals surface area contributed by atoms with Crippen molar-refractivity contribution < 1.29 is 14.6 Å². The van der Waals surface area contributed by atoms with Crippen LogP contribution in [-0.4, -0.2) is 36.8 Å². The molecule has 0 aliphatic carbocycles. The number of nitrogens with one attached hydrogen (secondary N) is 1. The van der Waals surface area contributed by atoms with Gasteiger partial charge in [0.05, 0.1) is 25.8 Å². The van der Waals surface area contributed by atoms with Gasteiger partial charge in [-0.3, -0.25) is 0 Å². The summed E-state index contributed by atoms with van der Waals surface area (Å²) in [5.74, 6) is 0.736.